The highest BCUT2D eigenvalue weighted by molar-refractivity contribution is 5.95. The predicted octanol–water partition coefficient (Wildman–Crippen LogP) is 5.24. The number of carbonyl (C=O) groups excluding carboxylic acids is 6. The average molecular weight is 972 g/mol. The van der Waals surface area contributed by atoms with Gasteiger partial charge in [-0.15, -0.1) is 0 Å². The Kier molecular flexibility index (Phi) is 38.6. The van der Waals surface area contributed by atoms with E-state index in [9.17, 15) is 38.7 Å². The predicted molar refractivity (Wildman–Crippen MR) is 278 cm³/mol. The second kappa shape index (κ2) is 38.9. The number of benzene rings is 2. The molecule has 394 valence electrons. The molecule has 14 N–H and O–H groups in total. The van der Waals surface area contributed by atoms with E-state index in [2.05, 4.69) is 16.0 Å². The zero-order valence-electron chi connectivity index (χ0n) is 41.1. The minimum absolute atomic E-state index is 0. The number of aliphatic carboxylic acids is 1. The van der Waals surface area contributed by atoms with Crippen LogP contribution in [0.5, 0.6) is 0 Å². The van der Waals surface area contributed by atoms with Gasteiger partial charge in [0.25, 0.3) is 0 Å². The third-order valence-electron chi connectivity index (χ3n) is 11.4. The van der Waals surface area contributed by atoms with Crippen molar-refractivity contribution in [3.8, 4) is 0 Å². The summed E-state index contributed by atoms with van der Waals surface area (Å²) in [5.74, 6) is -5.43. The molecule has 0 radical (unpaired) electrons. The highest BCUT2D eigenvalue weighted by atomic mass is 16.4. The van der Waals surface area contributed by atoms with Crippen LogP contribution >= 0.6 is 0 Å². The largest absolute Gasteiger partial charge is 0.480 e. The van der Waals surface area contributed by atoms with Crippen LogP contribution in [0.15, 0.2) is 60.7 Å². The molecule has 1 unspecified atom stereocenters. The summed E-state index contributed by atoms with van der Waals surface area (Å²) in [6.07, 6.45) is 3.50. The van der Waals surface area contributed by atoms with Crippen LogP contribution in [0.3, 0.4) is 0 Å². The molecule has 0 saturated carbocycles. The van der Waals surface area contributed by atoms with Crippen LogP contribution in [-0.4, -0.2) is 95.4 Å². The Morgan fingerprint density at radius 2 is 0.971 bits per heavy atom. The highest BCUT2D eigenvalue weighted by Gasteiger charge is 2.32. The van der Waals surface area contributed by atoms with E-state index in [4.69, 9.17) is 22.9 Å². The topological polar surface area (TPSA) is 311 Å². The van der Waals surface area contributed by atoms with Gasteiger partial charge in [0, 0.05) is 43.6 Å². The number of ketones is 3. The van der Waals surface area contributed by atoms with Crippen molar-refractivity contribution in [3.63, 3.8) is 0 Å². The summed E-state index contributed by atoms with van der Waals surface area (Å²) in [7, 11) is 0. The van der Waals surface area contributed by atoms with E-state index in [-0.39, 0.29) is 94.1 Å². The number of rotatable bonds is 34. The first-order valence-electron chi connectivity index (χ1n) is 24.1. The lowest BCUT2D eigenvalue weighted by molar-refractivity contribution is -0.143. The lowest BCUT2D eigenvalue weighted by Gasteiger charge is -2.25. The lowest BCUT2D eigenvalue weighted by Crippen LogP contribution is -2.47. The van der Waals surface area contributed by atoms with Crippen molar-refractivity contribution in [1.82, 2.24) is 16.0 Å². The molecule has 69 heavy (non-hydrogen) atoms. The number of carboxylic acids is 1. The summed E-state index contributed by atoms with van der Waals surface area (Å²) < 4.78 is 0. The quantitative estimate of drug-likeness (QED) is 0.0418. The average Bonchev–Trinajstić information content (AvgIpc) is 3.28. The molecule has 0 spiro atoms. The van der Waals surface area contributed by atoms with Crippen molar-refractivity contribution in [1.29, 1.82) is 0 Å². The van der Waals surface area contributed by atoms with Gasteiger partial charge in [-0.25, -0.2) is 4.79 Å². The number of Topliss-reactive ketones (excluding diaryl/α,β-unsaturated/α-hetero) is 3. The van der Waals surface area contributed by atoms with Crippen LogP contribution in [0.2, 0.25) is 0 Å². The molecule has 0 aliphatic rings. The summed E-state index contributed by atoms with van der Waals surface area (Å²) >= 11 is 0. The van der Waals surface area contributed by atoms with Gasteiger partial charge in [0.1, 0.15) is 11.8 Å². The van der Waals surface area contributed by atoms with Crippen molar-refractivity contribution in [3.05, 3.63) is 71.8 Å². The fourth-order valence-electron chi connectivity index (χ4n) is 7.74. The van der Waals surface area contributed by atoms with E-state index in [1.807, 2.05) is 102 Å². The molecule has 2 aromatic rings. The van der Waals surface area contributed by atoms with Gasteiger partial charge in [0.2, 0.25) is 17.7 Å². The first-order chi connectivity index (χ1) is 31.4. The maximum Gasteiger partial charge on any atom is 0.326 e. The molecule has 0 aliphatic carbocycles. The van der Waals surface area contributed by atoms with Gasteiger partial charge in [-0.3, -0.25) is 28.8 Å². The number of amides is 3. The fraction of sp³-hybridized carbons (Fsp3) is 0.642. The smallest absolute Gasteiger partial charge is 0.326 e. The van der Waals surface area contributed by atoms with Crippen LogP contribution in [0, 0.1) is 29.6 Å². The molecular formula is C53H93N7O9. The Hall–Kier alpha value is -4.87. The molecule has 0 fully saturated rings. The van der Waals surface area contributed by atoms with E-state index >= 15 is 0 Å². The lowest BCUT2D eigenvalue weighted by atomic mass is 9.88. The Balaban J connectivity index is -0.00000859. The highest BCUT2D eigenvalue weighted by Crippen LogP contribution is 2.21. The first kappa shape index (κ1) is 68.4. The zero-order valence-corrected chi connectivity index (χ0v) is 41.1. The minimum Gasteiger partial charge on any atom is -0.480 e. The number of unbranched alkanes of at least 4 members (excludes halogenated alkanes) is 1. The Morgan fingerprint density at radius 1 is 0.536 bits per heavy atom. The first-order valence-corrected chi connectivity index (χ1v) is 24.1. The van der Waals surface area contributed by atoms with E-state index in [1.165, 1.54) is 0 Å². The van der Waals surface area contributed by atoms with E-state index in [0.717, 1.165) is 11.1 Å². The maximum absolute atomic E-state index is 14.0. The van der Waals surface area contributed by atoms with Crippen LogP contribution in [0.4, 0.5) is 0 Å². The van der Waals surface area contributed by atoms with Crippen molar-refractivity contribution in [2.24, 2.45) is 52.5 Å². The zero-order chi connectivity index (χ0) is 49.6. The Labute approximate surface area is 414 Å². The molecule has 16 nitrogen and oxygen atoms in total. The fourth-order valence-corrected chi connectivity index (χ4v) is 7.74. The summed E-state index contributed by atoms with van der Waals surface area (Å²) in [5.41, 5.74) is 25.6. The second-order valence-electron chi connectivity index (χ2n) is 18.1. The van der Waals surface area contributed by atoms with E-state index in [1.54, 1.807) is 0 Å². The van der Waals surface area contributed by atoms with Gasteiger partial charge >= 0.3 is 5.97 Å². The van der Waals surface area contributed by atoms with Crippen LogP contribution in [0.1, 0.15) is 145 Å². The summed E-state index contributed by atoms with van der Waals surface area (Å²) in [4.78, 5) is 93.2. The Bertz CT molecular complexity index is 1750. The van der Waals surface area contributed by atoms with Gasteiger partial charge in [-0.2, -0.15) is 0 Å². The second-order valence-corrected chi connectivity index (χ2v) is 18.1. The third-order valence-corrected chi connectivity index (χ3v) is 11.4. The molecule has 7 atom stereocenters. The molecule has 16 heteroatoms. The molecule has 3 amide bonds. The monoisotopic (exact) mass is 972 g/mol. The van der Waals surface area contributed by atoms with Crippen LogP contribution < -0.4 is 38.9 Å². The molecule has 2 rings (SSSR count). The molecule has 0 heterocycles. The number of nitrogens with one attached hydrogen (secondary N) is 3. The Morgan fingerprint density at radius 3 is 1.46 bits per heavy atom. The summed E-state index contributed by atoms with van der Waals surface area (Å²) in [6.45, 7) is 12.6. The van der Waals surface area contributed by atoms with Crippen LogP contribution in [0.25, 0.3) is 0 Å². The number of hydrogen-bond donors (Lipinski definition) is 8. The number of carbonyl (C=O) groups is 7. The third kappa shape index (κ3) is 28.4. The van der Waals surface area contributed by atoms with Crippen molar-refractivity contribution < 1.29 is 44.1 Å². The number of nitrogens with two attached hydrogens (primary N) is 4. The van der Waals surface area contributed by atoms with Crippen LogP contribution in [-0.2, 0) is 46.4 Å². The molecule has 2 aromatic carbocycles. The van der Waals surface area contributed by atoms with Gasteiger partial charge in [-0.1, -0.05) is 117 Å². The molecule has 0 saturated heterocycles. The number of carboxylic acid groups (broad SMARTS) is 1. The van der Waals surface area contributed by atoms with Gasteiger partial charge < -0.3 is 49.5 Å². The maximum atomic E-state index is 14.0. The normalized spacial score (nSPS) is 13.7. The van der Waals surface area contributed by atoms with Crippen molar-refractivity contribution in [2.75, 3.05) is 19.6 Å². The standard InChI is InChI=1S/C49H77N7O8.C2H6.2CH4.H2O/c1-32(2)25-39(52)43(57)29-37(20-14-23-51)47(61)55-41(49(63)64)21-11-12-24-54-46(60)36(19-13-22-50)30-45(59)42(26-33(3)4)56-48(62)38(27-34-15-7-5-8-16-34)31-44(58)40(53)28-35-17-9-6-10-18-35;1-2;;;/h5-10,15-18,32-33,36-42H,11-14,19-31,50-53H2,1-4H3,(H,54,60)(H,55,61)(H,56,62)(H,63,64);1-2H3;2*1H4;1H2/t36-,37-,38-,39+,40+,41?,42+;;;;/m0..../s1. The van der Waals surface area contributed by atoms with Gasteiger partial charge in [-0.05, 0) is 107 Å². The van der Waals surface area contributed by atoms with Gasteiger partial charge in [0.05, 0.1) is 18.1 Å². The SMILES string of the molecule is C.C.CC.CC(C)C[C@@H](N)C(=O)C[C@H](CCCN)C(=O)NC(CCCCNC(=O)[C@@H](CCCN)CC(=O)[C@@H](CC(C)C)NC(=O)[C@H](CC(=O)[C@H](N)Cc1ccccc1)Cc1ccccc1)C(=O)O.O. The minimum atomic E-state index is -1.22. The van der Waals surface area contributed by atoms with E-state index < -0.39 is 59.7 Å². The molecular weight excluding hydrogens is 879 g/mol. The molecule has 0 aromatic heterocycles. The number of hydrogen-bond acceptors (Lipinski definition) is 11. The van der Waals surface area contributed by atoms with Crippen molar-refractivity contribution >= 4 is 41.0 Å². The summed E-state index contributed by atoms with van der Waals surface area (Å²) in [6, 6.07) is 15.1. The van der Waals surface area contributed by atoms with E-state index in [0.29, 0.717) is 70.9 Å². The summed E-state index contributed by atoms with van der Waals surface area (Å²) in [5, 5.41) is 18.3. The van der Waals surface area contributed by atoms with Gasteiger partial charge in [0.15, 0.2) is 11.6 Å². The molecule has 0 bridgehead atoms. The van der Waals surface area contributed by atoms with Crippen molar-refractivity contribution in [2.45, 2.75) is 170 Å². The molecule has 0 aliphatic heterocycles.